The molecule has 0 bridgehead atoms. The van der Waals surface area contributed by atoms with E-state index in [4.69, 9.17) is 4.74 Å². The van der Waals surface area contributed by atoms with E-state index in [1.54, 1.807) is 7.11 Å². The Labute approximate surface area is 127 Å². The molecule has 2 aromatic carbocycles. The van der Waals surface area contributed by atoms with Crippen molar-refractivity contribution in [2.75, 3.05) is 7.11 Å². The molecule has 4 heteroatoms. The highest BCUT2D eigenvalue weighted by Crippen LogP contribution is 2.16. The maximum Gasteiger partial charge on any atom is 0.224 e. The largest absolute Gasteiger partial charge is 0.497 e. The summed E-state index contributed by atoms with van der Waals surface area (Å²) in [6.07, 6.45) is 0.373. The Morgan fingerprint density at radius 3 is 2.50 bits per heavy atom. The van der Waals surface area contributed by atoms with Crippen molar-refractivity contribution in [3.05, 3.63) is 64.1 Å². The first-order valence-electron chi connectivity index (χ1n) is 6.32. The first-order chi connectivity index (χ1) is 9.69. The van der Waals surface area contributed by atoms with Crippen molar-refractivity contribution in [2.45, 2.75) is 13.0 Å². The zero-order valence-corrected chi connectivity index (χ0v) is 12.8. The summed E-state index contributed by atoms with van der Waals surface area (Å²) in [4.78, 5) is 11.9. The first kappa shape index (κ1) is 14.6. The summed E-state index contributed by atoms with van der Waals surface area (Å²) in [5, 5.41) is 2.91. The molecular formula is C16H16BrNO2. The van der Waals surface area contributed by atoms with Crippen LogP contribution in [0.5, 0.6) is 5.75 Å². The van der Waals surface area contributed by atoms with E-state index in [1.807, 2.05) is 48.5 Å². The van der Waals surface area contributed by atoms with Crippen LogP contribution in [0.15, 0.2) is 53.0 Å². The summed E-state index contributed by atoms with van der Waals surface area (Å²) in [5.41, 5.74) is 2.03. The fourth-order valence-electron chi connectivity index (χ4n) is 1.82. The molecule has 0 aliphatic rings. The molecule has 3 nitrogen and oxygen atoms in total. The maximum atomic E-state index is 11.9. The standard InChI is InChI=1S/C16H16BrNO2/c1-20-14-8-6-12(7-9-14)11-18-16(19)10-13-4-2-3-5-15(13)17/h2-9H,10-11H2,1H3,(H,18,19). The van der Waals surface area contributed by atoms with Crippen molar-refractivity contribution in [3.63, 3.8) is 0 Å². The Balaban J connectivity index is 1.87. The number of halogens is 1. The van der Waals surface area contributed by atoms with Crippen LogP contribution in [0.4, 0.5) is 0 Å². The number of amides is 1. The van der Waals surface area contributed by atoms with Crippen LogP contribution in [-0.2, 0) is 17.8 Å². The van der Waals surface area contributed by atoms with E-state index < -0.39 is 0 Å². The van der Waals surface area contributed by atoms with Gasteiger partial charge in [0.05, 0.1) is 13.5 Å². The van der Waals surface area contributed by atoms with Gasteiger partial charge in [-0.2, -0.15) is 0 Å². The average Bonchev–Trinajstić information content (AvgIpc) is 2.48. The second-order valence-electron chi connectivity index (χ2n) is 4.39. The van der Waals surface area contributed by atoms with Gasteiger partial charge in [0.1, 0.15) is 5.75 Å². The third-order valence-electron chi connectivity index (χ3n) is 2.96. The van der Waals surface area contributed by atoms with Crippen molar-refractivity contribution in [1.82, 2.24) is 5.32 Å². The molecule has 1 N–H and O–H groups in total. The molecular weight excluding hydrogens is 318 g/mol. The Hall–Kier alpha value is -1.81. The highest BCUT2D eigenvalue weighted by atomic mass is 79.9. The number of benzene rings is 2. The molecule has 20 heavy (non-hydrogen) atoms. The zero-order valence-electron chi connectivity index (χ0n) is 11.2. The summed E-state index contributed by atoms with van der Waals surface area (Å²) in [6, 6.07) is 15.4. The second kappa shape index (κ2) is 7.10. The molecule has 0 aliphatic heterocycles. The molecule has 0 saturated carbocycles. The lowest BCUT2D eigenvalue weighted by atomic mass is 10.1. The van der Waals surface area contributed by atoms with E-state index in [1.165, 1.54) is 0 Å². The summed E-state index contributed by atoms with van der Waals surface area (Å²) < 4.78 is 6.05. The van der Waals surface area contributed by atoms with Gasteiger partial charge in [-0.05, 0) is 29.3 Å². The third kappa shape index (κ3) is 4.10. The Kier molecular flexibility index (Phi) is 5.18. The monoisotopic (exact) mass is 333 g/mol. The number of hydrogen-bond acceptors (Lipinski definition) is 2. The number of carbonyl (C=O) groups is 1. The minimum Gasteiger partial charge on any atom is -0.497 e. The van der Waals surface area contributed by atoms with Crippen LogP contribution in [0.25, 0.3) is 0 Å². The number of hydrogen-bond donors (Lipinski definition) is 1. The molecule has 0 spiro atoms. The van der Waals surface area contributed by atoms with Crippen LogP contribution in [0.1, 0.15) is 11.1 Å². The summed E-state index contributed by atoms with van der Waals surface area (Å²) in [5.74, 6) is 0.820. The number of methoxy groups -OCH3 is 1. The fourth-order valence-corrected chi connectivity index (χ4v) is 2.25. The summed E-state index contributed by atoms with van der Waals surface area (Å²) in [7, 11) is 1.63. The Bertz CT molecular complexity index is 581. The zero-order chi connectivity index (χ0) is 14.4. The lowest BCUT2D eigenvalue weighted by Crippen LogP contribution is -2.24. The maximum absolute atomic E-state index is 11.9. The molecule has 2 aromatic rings. The molecule has 104 valence electrons. The van der Waals surface area contributed by atoms with Gasteiger partial charge in [-0.3, -0.25) is 4.79 Å². The van der Waals surface area contributed by atoms with E-state index in [2.05, 4.69) is 21.2 Å². The van der Waals surface area contributed by atoms with Crippen molar-refractivity contribution < 1.29 is 9.53 Å². The van der Waals surface area contributed by atoms with E-state index in [0.29, 0.717) is 13.0 Å². The molecule has 0 saturated heterocycles. The quantitative estimate of drug-likeness (QED) is 0.911. The van der Waals surface area contributed by atoms with Crippen LogP contribution in [0, 0.1) is 0 Å². The molecule has 0 fully saturated rings. The van der Waals surface area contributed by atoms with Gasteiger partial charge in [-0.1, -0.05) is 46.3 Å². The van der Waals surface area contributed by atoms with Crippen molar-refractivity contribution in [1.29, 1.82) is 0 Å². The van der Waals surface area contributed by atoms with E-state index in [-0.39, 0.29) is 5.91 Å². The van der Waals surface area contributed by atoms with Crippen molar-refractivity contribution in [2.24, 2.45) is 0 Å². The van der Waals surface area contributed by atoms with Gasteiger partial charge in [-0.25, -0.2) is 0 Å². The lowest BCUT2D eigenvalue weighted by Gasteiger charge is -2.07. The third-order valence-corrected chi connectivity index (χ3v) is 3.73. The van der Waals surface area contributed by atoms with Gasteiger partial charge in [-0.15, -0.1) is 0 Å². The first-order valence-corrected chi connectivity index (χ1v) is 7.11. The number of carbonyl (C=O) groups excluding carboxylic acids is 1. The van der Waals surface area contributed by atoms with Gasteiger partial charge >= 0.3 is 0 Å². The molecule has 2 rings (SSSR count). The Morgan fingerprint density at radius 2 is 1.85 bits per heavy atom. The number of rotatable bonds is 5. The van der Waals surface area contributed by atoms with Gasteiger partial charge in [0.2, 0.25) is 5.91 Å². The lowest BCUT2D eigenvalue weighted by molar-refractivity contribution is -0.120. The van der Waals surface area contributed by atoms with Crippen LogP contribution in [0.2, 0.25) is 0 Å². The average molecular weight is 334 g/mol. The molecule has 0 radical (unpaired) electrons. The van der Waals surface area contributed by atoms with Crippen molar-refractivity contribution in [3.8, 4) is 5.75 Å². The van der Waals surface area contributed by atoms with Crippen molar-refractivity contribution >= 4 is 21.8 Å². The van der Waals surface area contributed by atoms with Gasteiger partial charge in [0, 0.05) is 11.0 Å². The number of ether oxygens (including phenoxy) is 1. The molecule has 0 heterocycles. The fraction of sp³-hybridized carbons (Fsp3) is 0.188. The Morgan fingerprint density at radius 1 is 1.15 bits per heavy atom. The van der Waals surface area contributed by atoms with Gasteiger partial charge < -0.3 is 10.1 Å². The van der Waals surface area contributed by atoms with E-state index in [9.17, 15) is 4.79 Å². The molecule has 0 unspecified atom stereocenters. The van der Waals surface area contributed by atoms with Crippen LogP contribution >= 0.6 is 15.9 Å². The molecule has 0 aliphatic carbocycles. The minimum atomic E-state index is 0.00715. The van der Waals surface area contributed by atoms with Crippen LogP contribution in [0.3, 0.4) is 0 Å². The van der Waals surface area contributed by atoms with E-state index >= 15 is 0 Å². The highest BCUT2D eigenvalue weighted by molar-refractivity contribution is 9.10. The normalized spacial score (nSPS) is 10.1. The topological polar surface area (TPSA) is 38.3 Å². The van der Waals surface area contributed by atoms with Gasteiger partial charge in [0.15, 0.2) is 0 Å². The molecule has 0 aromatic heterocycles. The minimum absolute atomic E-state index is 0.00715. The smallest absolute Gasteiger partial charge is 0.224 e. The molecule has 0 atom stereocenters. The predicted octanol–water partition coefficient (Wildman–Crippen LogP) is 3.32. The SMILES string of the molecule is COc1ccc(CNC(=O)Cc2ccccc2Br)cc1. The van der Waals surface area contributed by atoms with Gasteiger partial charge in [0.25, 0.3) is 0 Å². The summed E-state index contributed by atoms with van der Waals surface area (Å²) >= 11 is 3.44. The number of nitrogens with one attached hydrogen (secondary N) is 1. The predicted molar refractivity (Wildman–Crippen MR) is 82.7 cm³/mol. The summed E-state index contributed by atoms with van der Waals surface area (Å²) in [6.45, 7) is 0.521. The molecule has 1 amide bonds. The van der Waals surface area contributed by atoms with Crippen LogP contribution < -0.4 is 10.1 Å². The van der Waals surface area contributed by atoms with Crippen LogP contribution in [-0.4, -0.2) is 13.0 Å². The highest BCUT2D eigenvalue weighted by Gasteiger charge is 2.06. The van der Waals surface area contributed by atoms with E-state index in [0.717, 1.165) is 21.3 Å². The second-order valence-corrected chi connectivity index (χ2v) is 5.25.